The molecular formula is C16H20FNOS. The number of thiophene rings is 1. The predicted octanol–water partition coefficient (Wildman–Crippen LogP) is 4.24. The highest BCUT2D eigenvalue weighted by Gasteiger charge is 2.15. The zero-order valence-electron chi connectivity index (χ0n) is 11.7. The fourth-order valence-electron chi connectivity index (χ4n) is 2.13. The maximum atomic E-state index is 14.1. The van der Waals surface area contributed by atoms with Gasteiger partial charge in [0.05, 0.1) is 13.2 Å². The highest BCUT2D eigenvalue weighted by molar-refractivity contribution is 7.19. The average Bonchev–Trinajstić information content (AvgIpc) is 2.79. The maximum Gasteiger partial charge on any atom is 0.132 e. The minimum absolute atomic E-state index is 0.169. The van der Waals surface area contributed by atoms with Gasteiger partial charge in [0.2, 0.25) is 0 Å². The van der Waals surface area contributed by atoms with Crippen molar-refractivity contribution < 1.29 is 9.13 Å². The molecule has 2 nitrogen and oxygen atoms in total. The second kappa shape index (κ2) is 7.53. The largest absolute Gasteiger partial charge is 0.373 e. The first-order chi connectivity index (χ1) is 9.77. The number of nitrogens with one attached hydrogen (secondary N) is 1. The molecule has 20 heavy (non-hydrogen) atoms. The van der Waals surface area contributed by atoms with Gasteiger partial charge in [-0.2, -0.15) is 0 Å². The topological polar surface area (TPSA) is 21.3 Å². The number of halogens is 1. The van der Waals surface area contributed by atoms with Gasteiger partial charge in [-0.25, -0.2) is 4.39 Å². The highest BCUT2D eigenvalue weighted by Crippen LogP contribution is 2.33. The zero-order chi connectivity index (χ0) is 14.4. The van der Waals surface area contributed by atoms with Gasteiger partial charge in [0, 0.05) is 27.1 Å². The summed E-state index contributed by atoms with van der Waals surface area (Å²) < 4.78 is 20.6. The monoisotopic (exact) mass is 293 g/mol. The first-order valence-corrected chi connectivity index (χ1v) is 7.67. The van der Waals surface area contributed by atoms with Crippen molar-refractivity contribution in [3.8, 4) is 0 Å². The van der Waals surface area contributed by atoms with Gasteiger partial charge in [-0.1, -0.05) is 19.1 Å². The van der Waals surface area contributed by atoms with Gasteiger partial charge in [-0.3, -0.25) is 0 Å². The number of rotatable bonds is 8. The van der Waals surface area contributed by atoms with Crippen molar-refractivity contribution in [3.05, 3.63) is 47.1 Å². The second-order valence-electron chi connectivity index (χ2n) is 4.60. The lowest BCUT2D eigenvalue weighted by Gasteiger charge is -2.06. The van der Waals surface area contributed by atoms with Gasteiger partial charge in [0.25, 0.3) is 0 Å². The van der Waals surface area contributed by atoms with E-state index in [2.05, 4.69) is 18.8 Å². The third-order valence-corrected chi connectivity index (χ3v) is 4.24. The summed E-state index contributed by atoms with van der Waals surface area (Å²) in [5, 5.41) is 4.08. The van der Waals surface area contributed by atoms with E-state index in [-0.39, 0.29) is 5.82 Å². The summed E-state index contributed by atoms with van der Waals surface area (Å²) in [6, 6.07) is 5.23. The van der Waals surface area contributed by atoms with Gasteiger partial charge in [0.15, 0.2) is 0 Å². The van der Waals surface area contributed by atoms with Crippen LogP contribution >= 0.6 is 11.3 Å². The normalized spacial score (nSPS) is 11.1. The lowest BCUT2D eigenvalue weighted by Crippen LogP contribution is -2.14. The molecule has 0 atom stereocenters. The number of fused-ring (bicyclic) bond motifs is 1. The van der Waals surface area contributed by atoms with Crippen LogP contribution in [-0.4, -0.2) is 13.2 Å². The summed E-state index contributed by atoms with van der Waals surface area (Å²) in [6.07, 6.45) is 2.79. The smallest absolute Gasteiger partial charge is 0.132 e. The Morgan fingerprint density at radius 1 is 1.45 bits per heavy atom. The third kappa shape index (κ3) is 3.45. The summed E-state index contributed by atoms with van der Waals surface area (Å²) in [7, 11) is 0. The molecule has 1 N–H and O–H groups in total. The molecule has 2 rings (SSSR count). The van der Waals surface area contributed by atoms with E-state index in [1.54, 1.807) is 23.5 Å². The van der Waals surface area contributed by atoms with Crippen LogP contribution in [0.4, 0.5) is 4.39 Å². The molecule has 0 aliphatic rings. The van der Waals surface area contributed by atoms with Crippen molar-refractivity contribution in [2.75, 3.05) is 13.2 Å². The average molecular weight is 293 g/mol. The summed E-state index contributed by atoms with van der Waals surface area (Å²) in [5.74, 6) is -0.169. The fourth-order valence-corrected chi connectivity index (χ4v) is 3.33. The molecule has 0 amide bonds. The molecule has 0 aliphatic carbocycles. The van der Waals surface area contributed by atoms with E-state index in [9.17, 15) is 4.39 Å². The maximum absolute atomic E-state index is 14.1. The second-order valence-corrected chi connectivity index (χ2v) is 5.73. The SMILES string of the molecule is C=CCOCc1c(CNCCC)sc2cccc(F)c12. The minimum atomic E-state index is -0.169. The van der Waals surface area contributed by atoms with Gasteiger partial charge in [-0.05, 0) is 25.1 Å². The summed E-state index contributed by atoms with van der Waals surface area (Å²) in [6.45, 7) is 8.40. The Labute approximate surface area is 123 Å². The molecule has 0 fully saturated rings. The van der Waals surface area contributed by atoms with Crippen LogP contribution in [0.1, 0.15) is 23.8 Å². The summed E-state index contributed by atoms with van der Waals surface area (Å²) in [5.41, 5.74) is 0.966. The van der Waals surface area contributed by atoms with E-state index < -0.39 is 0 Å². The first kappa shape index (κ1) is 15.2. The Morgan fingerprint density at radius 3 is 3.05 bits per heavy atom. The van der Waals surface area contributed by atoms with Crippen LogP contribution in [0, 0.1) is 5.82 Å². The van der Waals surface area contributed by atoms with Crippen molar-refractivity contribution >= 4 is 21.4 Å². The van der Waals surface area contributed by atoms with Gasteiger partial charge in [0.1, 0.15) is 5.82 Å². The number of hydrogen-bond acceptors (Lipinski definition) is 3. The van der Waals surface area contributed by atoms with Crippen LogP contribution in [-0.2, 0) is 17.9 Å². The summed E-state index contributed by atoms with van der Waals surface area (Å²) >= 11 is 1.64. The minimum Gasteiger partial charge on any atom is -0.373 e. The van der Waals surface area contributed by atoms with Crippen molar-refractivity contribution in [2.45, 2.75) is 26.5 Å². The molecule has 2 aromatic rings. The molecule has 1 aromatic carbocycles. The Bertz CT molecular complexity index is 579. The van der Waals surface area contributed by atoms with E-state index >= 15 is 0 Å². The predicted molar refractivity (Wildman–Crippen MR) is 83.6 cm³/mol. The zero-order valence-corrected chi connectivity index (χ0v) is 12.6. The molecule has 108 valence electrons. The molecule has 0 saturated carbocycles. The molecule has 0 spiro atoms. The lowest BCUT2D eigenvalue weighted by molar-refractivity contribution is 0.149. The fraction of sp³-hybridized carbons (Fsp3) is 0.375. The Morgan fingerprint density at radius 2 is 2.30 bits per heavy atom. The van der Waals surface area contributed by atoms with E-state index in [0.29, 0.717) is 18.6 Å². The molecule has 0 saturated heterocycles. The van der Waals surface area contributed by atoms with Crippen LogP contribution in [0.15, 0.2) is 30.9 Å². The Hall–Kier alpha value is -1.23. The summed E-state index contributed by atoms with van der Waals surface area (Å²) in [4.78, 5) is 1.16. The quantitative estimate of drug-likeness (QED) is 0.580. The van der Waals surface area contributed by atoms with Gasteiger partial charge < -0.3 is 10.1 Å². The van der Waals surface area contributed by atoms with Crippen LogP contribution in [0.3, 0.4) is 0 Å². The molecule has 0 bridgehead atoms. The molecule has 4 heteroatoms. The molecule has 0 aliphatic heterocycles. The number of hydrogen-bond donors (Lipinski definition) is 1. The van der Waals surface area contributed by atoms with E-state index in [4.69, 9.17) is 4.74 Å². The van der Waals surface area contributed by atoms with Crippen molar-refractivity contribution in [1.29, 1.82) is 0 Å². The standard InChI is InChI=1S/C16H20FNOS/c1-3-8-18-10-15-12(11-19-9-4-2)16-13(17)6-5-7-14(16)20-15/h4-7,18H,2-3,8-11H2,1H3. The molecule has 1 heterocycles. The number of benzene rings is 1. The molecule has 1 aromatic heterocycles. The molecule has 0 unspecified atom stereocenters. The first-order valence-electron chi connectivity index (χ1n) is 6.86. The Kier molecular flexibility index (Phi) is 5.71. The van der Waals surface area contributed by atoms with Crippen LogP contribution in [0.2, 0.25) is 0 Å². The van der Waals surface area contributed by atoms with E-state index in [1.807, 2.05) is 6.07 Å². The van der Waals surface area contributed by atoms with Crippen LogP contribution in [0.5, 0.6) is 0 Å². The van der Waals surface area contributed by atoms with Gasteiger partial charge in [-0.15, -0.1) is 17.9 Å². The molecule has 0 radical (unpaired) electrons. The van der Waals surface area contributed by atoms with E-state index in [0.717, 1.165) is 34.7 Å². The van der Waals surface area contributed by atoms with Crippen molar-refractivity contribution in [3.63, 3.8) is 0 Å². The number of ether oxygens (including phenoxy) is 1. The van der Waals surface area contributed by atoms with Crippen LogP contribution in [0.25, 0.3) is 10.1 Å². The highest BCUT2D eigenvalue weighted by atomic mass is 32.1. The molecular weight excluding hydrogens is 273 g/mol. The van der Waals surface area contributed by atoms with Crippen molar-refractivity contribution in [2.24, 2.45) is 0 Å². The Balaban J connectivity index is 2.30. The lowest BCUT2D eigenvalue weighted by atomic mass is 10.1. The van der Waals surface area contributed by atoms with Crippen LogP contribution < -0.4 is 5.32 Å². The third-order valence-electron chi connectivity index (χ3n) is 3.04. The van der Waals surface area contributed by atoms with Crippen molar-refractivity contribution in [1.82, 2.24) is 5.32 Å². The van der Waals surface area contributed by atoms with E-state index in [1.165, 1.54) is 6.07 Å². The van der Waals surface area contributed by atoms with Gasteiger partial charge >= 0.3 is 0 Å².